The first-order valence-electron chi connectivity index (χ1n) is 10.4. The number of carbonyl (C=O) groups excluding carboxylic acids is 2. The van der Waals surface area contributed by atoms with Gasteiger partial charge in [-0.1, -0.05) is 13.0 Å². The van der Waals surface area contributed by atoms with E-state index in [1.54, 1.807) is 19.1 Å². The van der Waals surface area contributed by atoms with E-state index in [9.17, 15) is 9.59 Å². The lowest BCUT2D eigenvalue weighted by molar-refractivity contribution is 0.0968. The fraction of sp³-hybridized carbons (Fsp3) is 0.348. The van der Waals surface area contributed by atoms with Gasteiger partial charge in [0.25, 0.3) is 0 Å². The number of aryl methyl sites for hydroxylation is 1. The van der Waals surface area contributed by atoms with Gasteiger partial charge in [-0.05, 0) is 43.3 Å². The van der Waals surface area contributed by atoms with Crippen molar-refractivity contribution < 1.29 is 9.59 Å². The smallest absolute Gasteiger partial charge is 0.232 e. The number of pyridine rings is 1. The van der Waals surface area contributed by atoms with E-state index in [1.807, 2.05) is 18.2 Å². The van der Waals surface area contributed by atoms with Gasteiger partial charge in [0, 0.05) is 38.4 Å². The first-order valence-corrected chi connectivity index (χ1v) is 10.4. The van der Waals surface area contributed by atoms with E-state index in [1.165, 1.54) is 0 Å². The molecule has 0 spiro atoms. The zero-order chi connectivity index (χ0) is 20.8. The van der Waals surface area contributed by atoms with E-state index >= 15 is 0 Å². The lowest BCUT2D eigenvalue weighted by Gasteiger charge is -2.34. The second kappa shape index (κ2) is 7.34. The summed E-state index contributed by atoms with van der Waals surface area (Å²) < 4.78 is 0. The molecule has 0 amide bonds. The Bertz CT molecular complexity index is 1180. The molecule has 3 aromatic rings. The number of hydrogen-bond donors (Lipinski definition) is 0. The number of benzene rings is 1. The molecule has 0 N–H and O–H groups in total. The largest absolute Gasteiger partial charge is 0.301 e. The third kappa shape index (κ3) is 3.20. The summed E-state index contributed by atoms with van der Waals surface area (Å²) in [5.41, 5.74) is 3.78. The summed E-state index contributed by atoms with van der Waals surface area (Å²) in [6, 6.07) is 9.28. The minimum absolute atomic E-state index is 0.104. The number of hydrogen-bond acceptors (Lipinski definition) is 7. The van der Waals surface area contributed by atoms with Crippen molar-refractivity contribution in [2.75, 3.05) is 32.7 Å². The molecule has 1 fully saturated rings. The Hall–Kier alpha value is -3.03. The minimum atomic E-state index is -0.334. The molecular weight excluding hydrogens is 378 g/mol. The van der Waals surface area contributed by atoms with Crippen molar-refractivity contribution in [3.63, 3.8) is 0 Å². The van der Waals surface area contributed by atoms with Gasteiger partial charge in [0.05, 0.1) is 16.6 Å². The van der Waals surface area contributed by atoms with Gasteiger partial charge in [-0.3, -0.25) is 14.5 Å². The lowest BCUT2D eigenvalue weighted by atomic mass is 9.93. The molecule has 2 aromatic heterocycles. The highest BCUT2D eigenvalue weighted by atomic mass is 16.1. The van der Waals surface area contributed by atoms with E-state index in [0.717, 1.165) is 44.8 Å². The Morgan fingerprint density at radius 1 is 0.800 bits per heavy atom. The van der Waals surface area contributed by atoms with Gasteiger partial charge in [0.1, 0.15) is 17.1 Å². The maximum Gasteiger partial charge on any atom is 0.232 e. The van der Waals surface area contributed by atoms with Gasteiger partial charge < -0.3 is 4.90 Å². The number of ketones is 2. The molecule has 7 nitrogen and oxygen atoms in total. The number of carbonyl (C=O) groups is 2. The standard InChI is InChI=1S/C23H23N5O2/c1-3-27-8-10-28(11-9-27)13-15-5-7-17-18(12-15)26-21-20(25-17)22(29)16-6-4-14(2)24-19(16)23(21)30/h4-7,12H,3,8-11,13H2,1-2H3. The summed E-state index contributed by atoms with van der Waals surface area (Å²) in [7, 11) is 0. The average molecular weight is 401 g/mol. The van der Waals surface area contributed by atoms with E-state index < -0.39 is 0 Å². The Balaban J connectivity index is 1.48. The van der Waals surface area contributed by atoms with Crippen LogP contribution in [0.25, 0.3) is 11.0 Å². The molecular formula is C23H23N5O2. The molecule has 0 saturated carbocycles. The normalized spacial score (nSPS) is 17.3. The zero-order valence-corrected chi connectivity index (χ0v) is 17.2. The third-order valence-corrected chi connectivity index (χ3v) is 5.97. The van der Waals surface area contributed by atoms with Crippen molar-refractivity contribution in [1.29, 1.82) is 0 Å². The van der Waals surface area contributed by atoms with Gasteiger partial charge in [0.2, 0.25) is 11.6 Å². The van der Waals surface area contributed by atoms with Crippen molar-refractivity contribution in [3.8, 4) is 0 Å². The van der Waals surface area contributed by atoms with Gasteiger partial charge in [0.15, 0.2) is 0 Å². The van der Waals surface area contributed by atoms with Crippen LogP contribution in [0, 0.1) is 6.92 Å². The molecule has 0 bridgehead atoms. The first-order chi connectivity index (χ1) is 14.5. The number of rotatable bonds is 3. The fourth-order valence-electron chi connectivity index (χ4n) is 4.19. The predicted molar refractivity (Wildman–Crippen MR) is 113 cm³/mol. The zero-order valence-electron chi connectivity index (χ0n) is 17.2. The highest BCUT2D eigenvalue weighted by molar-refractivity contribution is 6.26. The maximum atomic E-state index is 13.0. The maximum absolute atomic E-state index is 13.0. The molecule has 5 rings (SSSR count). The summed E-state index contributed by atoms with van der Waals surface area (Å²) in [6.45, 7) is 10.2. The van der Waals surface area contributed by atoms with Gasteiger partial charge in [-0.25, -0.2) is 15.0 Å². The van der Waals surface area contributed by atoms with Gasteiger partial charge in [-0.15, -0.1) is 0 Å². The van der Waals surface area contributed by atoms with Crippen molar-refractivity contribution >= 4 is 22.6 Å². The Morgan fingerprint density at radius 3 is 2.27 bits per heavy atom. The molecule has 1 aliphatic carbocycles. The van der Waals surface area contributed by atoms with Gasteiger partial charge in [-0.2, -0.15) is 0 Å². The monoisotopic (exact) mass is 401 g/mol. The summed E-state index contributed by atoms with van der Waals surface area (Å²) in [5, 5.41) is 0. The van der Waals surface area contributed by atoms with Crippen LogP contribution in [0.3, 0.4) is 0 Å². The molecule has 3 heterocycles. The van der Waals surface area contributed by atoms with Crippen molar-refractivity contribution in [2.24, 2.45) is 0 Å². The van der Waals surface area contributed by atoms with Crippen LogP contribution in [0.15, 0.2) is 30.3 Å². The Kier molecular flexibility index (Phi) is 4.64. The Labute approximate surface area is 174 Å². The van der Waals surface area contributed by atoms with Crippen LogP contribution in [0.4, 0.5) is 0 Å². The summed E-state index contributed by atoms with van der Waals surface area (Å²) in [6.07, 6.45) is 0. The topological polar surface area (TPSA) is 79.3 Å². The van der Waals surface area contributed by atoms with Crippen LogP contribution in [0.1, 0.15) is 50.4 Å². The molecule has 0 radical (unpaired) electrons. The number of fused-ring (bicyclic) bond motifs is 3. The molecule has 0 unspecified atom stereocenters. The highest BCUT2D eigenvalue weighted by Gasteiger charge is 2.34. The summed E-state index contributed by atoms with van der Waals surface area (Å²) >= 11 is 0. The fourth-order valence-corrected chi connectivity index (χ4v) is 4.19. The van der Waals surface area contributed by atoms with E-state index in [4.69, 9.17) is 0 Å². The molecule has 1 aliphatic heterocycles. The summed E-state index contributed by atoms with van der Waals surface area (Å²) in [4.78, 5) is 44.1. The molecule has 1 aromatic carbocycles. The quantitative estimate of drug-likeness (QED) is 0.521. The van der Waals surface area contributed by atoms with E-state index in [2.05, 4.69) is 31.7 Å². The second-order valence-electron chi connectivity index (χ2n) is 7.96. The molecule has 1 saturated heterocycles. The lowest BCUT2D eigenvalue weighted by Crippen LogP contribution is -2.45. The average Bonchev–Trinajstić information content (AvgIpc) is 2.77. The molecule has 0 atom stereocenters. The molecule has 30 heavy (non-hydrogen) atoms. The van der Waals surface area contributed by atoms with Crippen molar-refractivity contribution in [1.82, 2.24) is 24.8 Å². The SMILES string of the molecule is CCN1CCN(Cc2ccc3nc4c(nc3c2)C(=O)c2nc(C)ccc2C4=O)CC1. The summed E-state index contributed by atoms with van der Waals surface area (Å²) in [5.74, 6) is -0.627. The van der Waals surface area contributed by atoms with Crippen LogP contribution in [0.2, 0.25) is 0 Å². The van der Waals surface area contributed by atoms with Crippen LogP contribution in [0.5, 0.6) is 0 Å². The highest BCUT2D eigenvalue weighted by Crippen LogP contribution is 2.26. The van der Waals surface area contributed by atoms with E-state index in [-0.39, 0.29) is 28.6 Å². The third-order valence-electron chi connectivity index (χ3n) is 5.97. The number of aromatic nitrogens is 3. The predicted octanol–water partition coefficient (Wildman–Crippen LogP) is 2.25. The van der Waals surface area contributed by atoms with Crippen LogP contribution in [-0.2, 0) is 6.54 Å². The van der Waals surface area contributed by atoms with Crippen molar-refractivity contribution in [3.05, 3.63) is 64.2 Å². The molecule has 2 aliphatic rings. The molecule has 152 valence electrons. The number of piperazine rings is 1. The number of likely N-dealkylation sites (N-methyl/N-ethyl adjacent to an activating group) is 1. The van der Waals surface area contributed by atoms with Crippen molar-refractivity contribution in [2.45, 2.75) is 20.4 Å². The van der Waals surface area contributed by atoms with E-state index in [0.29, 0.717) is 22.3 Å². The van der Waals surface area contributed by atoms with Crippen LogP contribution >= 0.6 is 0 Å². The Morgan fingerprint density at radius 2 is 1.50 bits per heavy atom. The first kappa shape index (κ1) is 19.0. The molecule has 7 heteroatoms. The second-order valence-corrected chi connectivity index (χ2v) is 7.96. The number of nitrogens with zero attached hydrogens (tertiary/aromatic N) is 5. The minimum Gasteiger partial charge on any atom is -0.301 e. The van der Waals surface area contributed by atoms with Crippen LogP contribution < -0.4 is 0 Å². The van der Waals surface area contributed by atoms with Gasteiger partial charge >= 0.3 is 0 Å². The van der Waals surface area contributed by atoms with Crippen LogP contribution in [-0.4, -0.2) is 69.0 Å².